The topological polar surface area (TPSA) is 43.1 Å². The lowest BCUT2D eigenvalue weighted by molar-refractivity contribution is -0.384. The summed E-state index contributed by atoms with van der Waals surface area (Å²) in [4.78, 5) is 11.9. The molecule has 2 aromatic rings. The molecule has 0 saturated carbocycles. The first-order chi connectivity index (χ1) is 8.56. The molecule has 92 valence electrons. The van der Waals surface area contributed by atoms with E-state index in [0.717, 1.165) is 14.3 Å². The fourth-order valence-corrected chi connectivity index (χ4v) is 2.93. The second-order valence-electron chi connectivity index (χ2n) is 3.43. The standard InChI is InChI=1S/C12H7BrClNO2S/c13-8-1-6-12(11(14)7-8)18-10-4-2-9(3-5-10)15(16)17/h1-7H. The fraction of sp³-hybridized carbons (Fsp3) is 0. The molecule has 2 rings (SSSR count). The van der Waals surface area contributed by atoms with Crippen LogP contribution < -0.4 is 0 Å². The Bertz CT molecular complexity index is 589. The highest BCUT2D eigenvalue weighted by Crippen LogP contribution is 2.35. The Morgan fingerprint density at radius 2 is 1.83 bits per heavy atom. The summed E-state index contributed by atoms with van der Waals surface area (Å²) in [5.74, 6) is 0. The molecule has 0 spiro atoms. The van der Waals surface area contributed by atoms with Crippen molar-refractivity contribution in [2.75, 3.05) is 0 Å². The van der Waals surface area contributed by atoms with Crippen molar-refractivity contribution in [1.29, 1.82) is 0 Å². The number of benzene rings is 2. The molecule has 3 nitrogen and oxygen atoms in total. The van der Waals surface area contributed by atoms with Crippen molar-refractivity contribution in [3.8, 4) is 0 Å². The van der Waals surface area contributed by atoms with Crippen LogP contribution in [0.3, 0.4) is 0 Å². The SMILES string of the molecule is O=[N+]([O-])c1ccc(Sc2ccc(Br)cc2Cl)cc1. The molecule has 0 fully saturated rings. The van der Waals surface area contributed by atoms with E-state index in [-0.39, 0.29) is 5.69 Å². The highest BCUT2D eigenvalue weighted by atomic mass is 79.9. The van der Waals surface area contributed by atoms with Crippen LogP contribution in [0.1, 0.15) is 0 Å². The number of nitrogens with zero attached hydrogens (tertiary/aromatic N) is 1. The summed E-state index contributed by atoms with van der Waals surface area (Å²) in [6.45, 7) is 0. The van der Waals surface area contributed by atoms with Crippen LogP contribution in [0.2, 0.25) is 5.02 Å². The van der Waals surface area contributed by atoms with E-state index < -0.39 is 4.92 Å². The van der Waals surface area contributed by atoms with Crippen LogP contribution in [-0.2, 0) is 0 Å². The minimum absolute atomic E-state index is 0.0845. The van der Waals surface area contributed by atoms with Gasteiger partial charge in [0.25, 0.3) is 5.69 Å². The van der Waals surface area contributed by atoms with Crippen molar-refractivity contribution in [1.82, 2.24) is 0 Å². The zero-order chi connectivity index (χ0) is 13.1. The van der Waals surface area contributed by atoms with Crippen molar-refractivity contribution >= 4 is 45.0 Å². The summed E-state index contributed by atoms with van der Waals surface area (Å²) in [6.07, 6.45) is 0. The van der Waals surface area contributed by atoms with Crippen LogP contribution >= 0.6 is 39.3 Å². The van der Waals surface area contributed by atoms with Crippen LogP contribution in [-0.4, -0.2) is 4.92 Å². The van der Waals surface area contributed by atoms with Crippen molar-refractivity contribution in [2.45, 2.75) is 9.79 Å². The molecule has 0 saturated heterocycles. The number of rotatable bonds is 3. The summed E-state index contributed by atoms with van der Waals surface area (Å²) in [7, 11) is 0. The molecule has 0 heterocycles. The molecule has 0 aliphatic heterocycles. The number of hydrogen-bond acceptors (Lipinski definition) is 3. The Hall–Kier alpha value is -1.04. The molecule has 0 atom stereocenters. The average molecular weight is 345 g/mol. The third-order valence-corrected chi connectivity index (χ3v) is 4.17. The van der Waals surface area contributed by atoms with Crippen molar-refractivity contribution in [3.63, 3.8) is 0 Å². The van der Waals surface area contributed by atoms with Crippen molar-refractivity contribution in [2.24, 2.45) is 0 Å². The zero-order valence-corrected chi connectivity index (χ0v) is 12.1. The molecule has 0 unspecified atom stereocenters. The molecule has 0 aromatic heterocycles. The zero-order valence-electron chi connectivity index (χ0n) is 8.97. The summed E-state index contributed by atoms with van der Waals surface area (Å²) in [6, 6.07) is 12.0. The molecular weight excluding hydrogens is 338 g/mol. The van der Waals surface area contributed by atoms with E-state index >= 15 is 0 Å². The van der Waals surface area contributed by atoms with Crippen LogP contribution in [0.5, 0.6) is 0 Å². The highest BCUT2D eigenvalue weighted by molar-refractivity contribution is 9.10. The number of nitro benzene ring substituents is 1. The van der Waals surface area contributed by atoms with E-state index in [0.29, 0.717) is 5.02 Å². The molecule has 0 amide bonds. The van der Waals surface area contributed by atoms with Gasteiger partial charge in [-0.3, -0.25) is 10.1 Å². The number of non-ortho nitro benzene ring substituents is 1. The lowest BCUT2D eigenvalue weighted by atomic mass is 10.3. The maximum absolute atomic E-state index is 10.5. The van der Waals surface area contributed by atoms with Gasteiger partial charge in [0.1, 0.15) is 0 Å². The largest absolute Gasteiger partial charge is 0.269 e. The van der Waals surface area contributed by atoms with Gasteiger partial charge in [0.2, 0.25) is 0 Å². The Labute approximate surface area is 121 Å². The number of nitro groups is 1. The average Bonchev–Trinajstić information content (AvgIpc) is 2.33. The predicted molar refractivity (Wildman–Crippen MR) is 76.4 cm³/mol. The highest BCUT2D eigenvalue weighted by Gasteiger charge is 2.07. The van der Waals surface area contributed by atoms with E-state index in [1.54, 1.807) is 12.1 Å². The summed E-state index contributed by atoms with van der Waals surface area (Å²) in [5.41, 5.74) is 0.0845. The molecule has 0 radical (unpaired) electrons. The van der Waals surface area contributed by atoms with E-state index in [1.807, 2.05) is 18.2 Å². The minimum Gasteiger partial charge on any atom is -0.258 e. The van der Waals surface area contributed by atoms with Gasteiger partial charge < -0.3 is 0 Å². The number of hydrogen-bond donors (Lipinski definition) is 0. The summed E-state index contributed by atoms with van der Waals surface area (Å²) in [5, 5.41) is 11.2. The van der Waals surface area contributed by atoms with Gasteiger partial charge in [-0.2, -0.15) is 0 Å². The van der Waals surface area contributed by atoms with Gasteiger partial charge in [0, 0.05) is 26.4 Å². The van der Waals surface area contributed by atoms with E-state index in [2.05, 4.69) is 15.9 Å². The first kappa shape index (κ1) is 13.4. The monoisotopic (exact) mass is 343 g/mol. The molecule has 0 bridgehead atoms. The van der Waals surface area contributed by atoms with Gasteiger partial charge in [-0.05, 0) is 30.3 Å². The smallest absolute Gasteiger partial charge is 0.258 e. The first-order valence-corrected chi connectivity index (χ1v) is 6.92. The molecule has 0 aliphatic rings. The van der Waals surface area contributed by atoms with Gasteiger partial charge in [-0.1, -0.05) is 39.3 Å². The van der Waals surface area contributed by atoms with Crippen molar-refractivity contribution in [3.05, 3.63) is 62.1 Å². The van der Waals surface area contributed by atoms with Gasteiger partial charge in [0.15, 0.2) is 0 Å². The predicted octanol–water partition coefficient (Wildman–Crippen LogP) is 5.16. The molecule has 18 heavy (non-hydrogen) atoms. The third kappa shape index (κ3) is 3.25. The lowest BCUT2D eigenvalue weighted by Gasteiger charge is -2.04. The van der Waals surface area contributed by atoms with Crippen LogP contribution in [0.25, 0.3) is 0 Å². The first-order valence-electron chi connectivity index (χ1n) is 4.93. The van der Waals surface area contributed by atoms with Crippen LogP contribution in [0, 0.1) is 10.1 Å². The van der Waals surface area contributed by atoms with Gasteiger partial charge >= 0.3 is 0 Å². The molecule has 0 N–H and O–H groups in total. The Morgan fingerprint density at radius 1 is 1.17 bits per heavy atom. The quantitative estimate of drug-likeness (QED) is 0.570. The Kier molecular flexibility index (Phi) is 4.27. The van der Waals surface area contributed by atoms with E-state index in [9.17, 15) is 10.1 Å². The van der Waals surface area contributed by atoms with Crippen molar-refractivity contribution < 1.29 is 4.92 Å². The number of halogens is 2. The maximum atomic E-state index is 10.5. The maximum Gasteiger partial charge on any atom is 0.269 e. The summed E-state index contributed by atoms with van der Waals surface area (Å²) >= 11 is 10.9. The second-order valence-corrected chi connectivity index (χ2v) is 5.87. The van der Waals surface area contributed by atoms with E-state index in [1.165, 1.54) is 23.9 Å². The van der Waals surface area contributed by atoms with Crippen LogP contribution in [0.4, 0.5) is 5.69 Å². The third-order valence-electron chi connectivity index (χ3n) is 2.17. The second kappa shape index (κ2) is 5.73. The van der Waals surface area contributed by atoms with E-state index in [4.69, 9.17) is 11.6 Å². The normalized spacial score (nSPS) is 10.3. The lowest BCUT2D eigenvalue weighted by Crippen LogP contribution is -1.86. The van der Waals surface area contributed by atoms with Crippen LogP contribution in [0.15, 0.2) is 56.7 Å². The van der Waals surface area contributed by atoms with Gasteiger partial charge in [-0.25, -0.2) is 0 Å². The minimum atomic E-state index is -0.416. The Morgan fingerprint density at radius 3 is 2.39 bits per heavy atom. The van der Waals surface area contributed by atoms with Gasteiger partial charge in [-0.15, -0.1) is 0 Å². The molecule has 2 aromatic carbocycles. The molecule has 0 aliphatic carbocycles. The summed E-state index contributed by atoms with van der Waals surface area (Å²) < 4.78 is 0.917. The molecule has 6 heteroatoms. The Balaban J connectivity index is 2.21. The molecular formula is C12H7BrClNO2S. The van der Waals surface area contributed by atoms with Gasteiger partial charge in [0.05, 0.1) is 9.95 Å². The fourth-order valence-electron chi connectivity index (χ4n) is 1.32.